The largest absolute Gasteiger partial charge is 0.417 e. The molecular weight excluding hydrogens is 502 g/mol. The minimum absolute atomic E-state index is 0.0578. The fourth-order valence-electron chi connectivity index (χ4n) is 4.65. The van der Waals surface area contributed by atoms with Gasteiger partial charge in [0.05, 0.1) is 18.2 Å². The number of benzene rings is 1. The first kappa shape index (κ1) is 26.0. The molecule has 0 spiro atoms. The van der Waals surface area contributed by atoms with E-state index in [4.69, 9.17) is 10.2 Å². The first-order valence-corrected chi connectivity index (χ1v) is 13.5. The highest BCUT2D eigenvalue weighted by Gasteiger charge is 2.33. The van der Waals surface area contributed by atoms with Gasteiger partial charge in [0.1, 0.15) is 16.5 Å². The van der Waals surface area contributed by atoms with Crippen LogP contribution in [-0.2, 0) is 12.0 Å². The zero-order chi connectivity index (χ0) is 26.7. The third-order valence-corrected chi connectivity index (χ3v) is 7.54. The Balaban J connectivity index is 1.44. The van der Waals surface area contributed by atoms with E-state index in [1.807, 2.05) is 54.5 Å². The van der Waals surface area contributed by atoms with Gasteiger partial charge in [0.15, 0.2) is 0 Å². The Kier molecular flexibility index (Phi) is 7.50. The Labute approximate surface area is 224 Å². The Bertz CT molecular complexity index is 1400. The van der Waals surface area contributed by atoms with Gasteiger partial charge < -0.3 is 25.5 Å². The molecule has 1 aliphatic heterocycles. The van der Waals surface area contributed by atoms with E-state index in [2.05, 4.69) is 25.5 Å². The van der Waals surface area contributed by atoms with Gasteiger partial charge in [-0.15, -0.1) is 21.5 Å². The van der Waals surface area contributed by atoms with Crippen LogP contribution in [0, 0.1) is 6.92 Å². The molecule has 0 aliphatic carbocycles. The van der Waals surface area contributed by atoms with Crippen molar-refractivity contribution >= 4 is 23.1 Å². The molecule has 0 bridgehead atoms. The molecule has 4 aromatic rings. The van der Waals surface area contributed by atoms with E-state index >= 15 is 0 Å². The van der Waals surface area contributed by atoms with Crippen LogP contribution in [-0.4, -0.2) is 55.8 Å². The van der Waals surface area contributed by atoms with Gasteiger partial charge in [0.25, 0.3) is 11.8 Å². The SMILES string of the molecule is Cc1csc([C@H]2CCCN2C(=O)c2cc(NCCO)nc(-c3nnc(C(C)(N)Cc4ccccc4)o3)c2)n1. The number of aliphatic hydroxyl groups is 1. The van der Waals surface area contributed by atoms with E-state index in [9.17, 15) is 9.90 Å². The third-order valence-electron chi connectivity index (χ3n) is 6.47. The molecule has 0 radical (unpaired) electrons. The molecule has 1 amide bonds. The molecule has 1 aromatic carbocycles. The quantitative estimate of drug-likeness (QED) is 0.293. The molecule has 1 aliphatic rings. The number of aliphatic hydroxyl groups excluding tert-OH is 1. The van der Waals surface area contributed by atoms with Crippen LogP contribution in [0.1, 0.15) is 58.3 Å². The zero-order valence-electron chi connectivity index (χ0n) is 21.4. The van der Waals surface area contributed by atoms with Crippen molar-refractivity contribution in [2.45, 2.75) is 44.7 Å². The van der Waals surface area contributed by atoms with Crippen LogP contribution in [0.5, 0.6) is 0 Å². The molecule has 0 saturated carbocycles. The number of hydrogen-bond acceptors (Lipinski definition) is 10. The summed E-state index contributed by atoms with van der Waals surface area (Å²) in [6.45, 7) is 4.65. The van der Waals surface area contributed by atoms with Crippen LogP contribution < -0.4 is 11.1 Å². The number of hydrogen-bond donors (Lipinski definition) is 3. The molecule has 1 saturated heterocycles. The van der Waals surface area contributed by atoms with Crippen LogP contribution in [0.25, 0.3) is 11.6 Å². The summed E-state index contributed by atoms with van der Waals surface area (Å²) in [4.78, 5) is 24.8. The van der Waals surface area contributed by atoms with Crippen molar-refractivity contribution in [3.05, 3.63) is 75.6 Å². The van der Waals surface area contributed by atoms with Crippen molar-refractivity contribution in [3.8, 4) is 11.6 Å². The van der Waals surface area contributed by atoms with E-state index in [1.54, 1.807) is 23.5 Å². The number of pyridine rings is 1. The van der Waals surface area contributed by atoms with Gasteiger partial charge in [0, 0.05) is 29.7 Å². The normalized spacial score (nSPS) is 16.9. The van der Waals surface area contributed by atoms with Crippen molar-refractivity contribution in [3.63, 3.8) is 0 Å². The number of nitrogens with two attached hydrogens (primary N) is 1. The van der Waals surface area contributed by atoms with Crippen molar-refractivity contribution < 1.29 is 14.3 Å². The second kappa shape index (κ2) is 11.0. The lowest BCUT2D eigenvalue weighted by Gasteiger charge is -2.23. The van der Waals surface area contributed by atoms with E-state index in [0.29, 0.717) is 30.0 Å². The average molecular weight is 534 g/mol. The molecule has 5 rings (SSSR count). The number of nitrogens with zero attached hydrogens (tertiary/aromatic N) is 5. The maximum Gasteiger partial charge on any atom is 0.266 e. The molecule has 3 aromatic heterocycles. The summed E-state index contributed by atoms with van der Waals surface area (Å²) in [5.41, 5.74) is 8.47. The zero-order valence-corrected chi connectivity index (χ0v) is 22.2. The standard InChI is InChI=1S/C27H31N7O3S/c1-17-16-38-24(30-17)21-9-6-11-34(21)25(36)19-13-20(31-22(14-19)29-10-12-35)23-32-33-26(37-23)27(2,28)15-18-7-4-3-5-8-18/h3-5,7-8,13-14,16,21,35H,6,9-12,15,28H2,1-2H3,(H,29,31)/t21-,27?/m1/s1. The summed E-state index contributed by atoms with van der Waals surface area (Å²) in [7, 11) is 0. The van der Waals surface area contributed by atoms with Gasteiger partial charge in [-0.05, 0) is 50.8 Å². The van der Waals surface area contributed by atoms with Gasteiger partial charge in [-0.1, -0.05) is 30.3 Å². The lowest BCUT2D eigenvalue weighted by Crippen LogP contribution is -2.35. The number of nitrogens with one attached hydrogen (secondary N) is 1. The maximum absolute atomic E-state index is 13.7. The van der Waals surface area contributed by atoms with Gasteiger partial charge in [-0.25, -0.2) is 9.97 Å². The van der Waals surface area contributed by atoms with Gasteiger partial charge in [-0.3, -0.25) is 4.79 Å². The monoisotopic (exact) mass is 533 g/mol. The van der Waals surface area contributed by atoms with E-state index in [1.165, 1.54) is 0 Å². The molecule has 11 heteroatoms. The summed E-state index contributed by atoms with van der Waals surface area (Å²) < 4.78 is 6.00. The fraction of sp³-hybridized carbons (Fsp3) is 0.370. The Morgan fingerprint density at radius 2 is 2.08 bits per heavy atom. The predicted molar refractivity (Wildman–Crippen MR) is 145 cm³/mol. The molecule has 4 heterocycles. The number of thiazole rings is 1. The molecular formula is C27H31N7O3S. The van der Waals surface area contributed by atoms with Crippen molar-refractivity contribution in [2.24, 2.45) is 5.73 Å². The number of rotatable bonds is 9. The highest BCUT2D eigenvalue weighted by atomic mass is 32.1. The van der Waals surface area contributed by atoms with Crippen LogP contribution in [0.3, 0.4) is 0 Å². The predicted octanol–water partition coefficient (Wildman–Crippen LogP) is 3.69. The van der Waals surface area contributed by atoms with Gasteiger partial charge in [-0.2, -0.15) is 0 Å². The number of likely N-dealkylation sites (tertiary alicyclic amines) is 1. The minimum Gasteiger partial charge on any atom is -0.417 e. The third kappa shape index (κ3) is 5.59. The van der Waals surface area contributed by atoms with E-state index < -0.39 is 5.54 Å². The van der Waals surface area contributed by atoms with Crippen LogP contribution >= 0.6 is 11.3 Å². The Morgan fingerprint density at radius 3 is 2.82 bits per heavy atom. The summed E-state index contributed by atoms with van der Waals surface area (Å²) in [5, 5.41) is 23.7. The fourth-order valence-corrected chi connectivity index (χ4v) is 5.59. The smallest absolute Gasteiger partial charge is 0.266 e. The number of aryl methyl sites for hydroxylation is 1. The van der Waals surface area contributed by atoms with E-state index in [0.717, 1.165) is 29.1 Å². The molecule has 38 heavy (non-hydrogen) atoms. The number of anilines is 1. The lowest BCUT2D eigenvalue weighted by atomic mass is 9.94. The first-order chi connectivity index (χ1) is 18.3. The van der Waals surface area contributed by atoms with Crippen molar-refractivity contribution in [1.82, 2.24) is 25.1 Å². The molecule has 4 N–H and O–H groups in total. The maximum atomic E-state index is 13.7. The highest BCUT2D eigenvalue weighted by Crippen LogP contribution is 2.35. The number of amides is 1. The van der Waals surface area contributed by atoms with Gasteiger partial charge >= 0.3 is 0 Å². The van der Waals surface area contributed by atoms with Crippen LogP contribution in [0.15, 0.2) is 52.3 Å². The number of aromatic nitrogens is 4. The molecule has 2 atom stereocenters. The average Bonchev–Trinajstić information content (AvgIpc) is 3.68. The Hall–Kier alpha value is -3.67. The number of carbonyl (C=O) groups excluding carboxylic acids is 1. The summed E-state index contributed by atoms with van der Waals surface area (Å²) >= 11 is 1.58. The molecule has 1 fully saturated rings. The minimum atomic E-state index is -0.896. The summed E-state index contributed by atoms with van der Waals surface area (Å²) in [6, 6.07) is 13.1. The Morgan fingerprint density at radius 1 is 1.26 bits per heavy atom. The second-order valence-electron chi connectivity index (χ2n) is 9.75. The van der Waals surface area contributed by atoms with E-state index in [-0.39, 0.29) is 36.9 Å². The molecule has 1 unspecified atom stereocenters. The molecule has 10 nitrogen and oxygen atoms in total. The molecule has 198 valence electrons. The lowest BCUT2D eigenvalue weighted by molar-refractivity contribution is 0.0735. The number of carbonyl (C=O) groups is 1. The summed E-state index contributed by atoms with van der Waals surface area (Å²) in [6.07, 6.45) is 2.29. The highest BCUT2D eigenvalue weighted by molar-refractivity contribution is 7.09. The first-order valence-electron chi connectivity index (χ1n) is 12.6. The van der Waals surface area contributed by atoms with Gasteiger partial charge in [0.2, 0.25) is 5.89 Å². The van der Waals surface area contributed by atoms with Crippen LogP contribution in [0.2, 0.25) is 0 Å². The van der Waals surface area contributed by atoms with Crippen molar-refractivity contribution in [2.75, 3.05) is 25.0 Å². The van der Waals surface area contributed by atoms with Crippen LogP contribution in [0.4, 0.5) is 5.82 Å². The topological polar surface area (TPSA) is 143 Å². The second-order valence-corrected chi connectivity index (χ2v) is 10.6. The summed E-state index contributed by atoms with van der Waals surface area (Å²) in [5.74, 6) is 0.752. The van der Waals surface area contributed by atoms with Crippen molar-refractivity contribution in [1.29, 1.82) is 0 Å².